The van der Waals surface area contributed by atoms with E-state index in [-0.39, 0.29) is 17.8 Å². The van der Waals surface area contributed by atoms with Crippen molar-refractivity contribution in [2.24, 2.45) is 11.7 Å². The van der Waals surface area contributed by atoms with Crippen molar-refractivity contribution in [3.8, 4) is 6.01 Å². The highest BCUT2D eigenvalue weighted by atomic mass is 16.5. The number of aromatic nitrogens is 3. The number of carbonyl (C=O) groups is 1. The molecule has 92 valence electrons. The fraction of sp³-hybridized carbons (Fsp3) is 0.600. The minimum atomic E-state index is -0.00639. The monoisotopic (exact) mass is 237 g/mol. The van der Waals surface area contributed by atoms with Crippen molar-refractivity contribution in [1.82, 2.24) is 15.0 Å². The number of hydrogen-bond acceptors (Lipinski definition) is 6. The fourth-order valence-electron chi connectivity index (χ4n) is 1.79. The summed E-state index contributed by atoms with van der Waals surface area (Å²) in [5.41, 5.74) is 5.57. The van der Waals surface area contributed by atoms with Gasteiger partial charge >= 0.3 is 6.01 Å². The zero-order chi connectivity index (χ0) is 12.4. The number of amides is 1. The maximum Gasteiger partial charge on any atom is 0.321 e. The number of ether oxygens (including phenoxy) is 1. The minimum absolute atomic E-state index is 0.00639. The highest BCUT2D eigenvalue weighted by molar-refractivity contribution is 5.94. The summed E-state index contributed by atoms with van der Waals surface area (Å²) in [6.07, 6.45) is 0.448. The maximum atomic E-state index is 11.8. The summed E-state index contributed by atoms with van der Waals surface area (Å²) in [6.45, 7) is 2.78. The van der Waals surface area contributed by atoms with Gasteiger partial charge in [-0.2, -0.15) is 15.0 Å². The molecular formula is C10H15N5O2. The molecule has 1 aromatic heterocycles. The molecule has 2 heterocycles. The number of aryl methyl sites for hydroxylation is 1. The van der Waals surface area contributed by atoms with Crippen LogP contribution in [0.5, 0.6) is 6.01 Å². The molecule has 0 spiro atoms. The van der Waals surface area contributed by atoms with Crippen LogP contribution in [0.25, 0.3) is 0 Å². The zero-order valence-corrected chi connectivity index (χ0v) is 9.88. The molecule has 0 radical (unpaired) electrons. The normalized spacial score (nSPS) is 19.8. The lowest BCUT2D eigenvalue weighted by atomic mass is 10.1. The van der Waals surface area contributed by atoms with E-state index in [2.05, 4.69) is 15.0 Å². The van der Waals surface area contributed by atoms with Gasteiger partial charge in [-0.3, -0.25) is 9.69 Å². The largest absolute Gasteiger partial charge is 0.467 e. The molecule has 1 unspecified atom stereocenters. The van der Waals surface area contributed by atoms with Crippen LogP contribution < -0.4 is 15.4 Å². The summed E-state index contributed by atoms with van der Waals surface area (Å²) in [5, 5.41) is 0. The molecule has 1 amide bonds. The van der Waals surface area contributed by atoms with Gasteiger partial charge in [0.1, 0.15) is 5.82 Å². The Bertz CT molecular complexity index is 437. The average Bonchev–Trinajstić information content (AvgIpc) is 2.69. The molecular weight excluding hydrogens is 222 g/mol. The van der Waals surface area contributed by atoms with Crippen molar-refractivity contribution in [3.63, 3.8) is 0 Å². The second kappa shape index (κ2) is 4.62. The number of methoxy groups -OCH3 is 1. The van der Waals surface area contributed by atoms with Crippen LogP contribution >= 0.6 is 0 Å². The van der Waals surface area contributed by atoms with Gasteiger partial charge in [-0.15, -0.1) is 0 Å². The van der Waals surface area contributed by atoms with Crippen LogP contribution in [0, 0.1) is 12.8 Å². The van der Waals surface area contributed by atoms with E-state index < -0.39 is 0 Å². The molecule has 1 saturated heterocycles. The number of hydrogen-bond donors (Lipinski definition) is 1. The van der Waals surface area contributed by atoms with Crippen molar-refractivity contribution in [2.45, 2.75) is 13.3 Å². The average molecular weight is 237 g/mol. The quantitative estimate of drug-likeness (QED) is 0.761. The Morgan fingerprint density at radius 2 is 2.24 bits per heavy atom. The third-order valence-electron chi connectivity index (χ3n) is 2.68. The van der Waals surface area contributed by atoms with Gasteiger partial charge in [0.15, 0.2) is 0 Å². The van der Waals surface area contributed by atoms with Gasteiger partial charge < -0.3 is 10.5 Å². The number of anilines is 1. The van der Waals surface area contributed by atoms with E-state index in [1.165, 1.54) is 12.0 Å². The molecule has 1 atom stereocenters. The van der Waals surface area contributed by atoms with Crippen molar-refractivity contribution in [3.05, 3.63) is 5.82 Å². The Labute approximate surface area is 99.0 Å². The minimum Gasteiger partial charge on any atom is -0.467 e. The van der Waals surface area contributed by atoms with Crippen LogP contribution in [-0.4, -0.2) is 41.1 Å². The van der Waals surface area contributed by atoms with Gasteiger partial charge in [0.2, 0.25) is 11.9 Å². The molecule has 0 aliphatic carbocycles. The van der Waals surface area contributed by atoms with Gasteiger partial charge in [0.25, 0.3) is 0 Å². The summed E-state index contributed by atoms with van der Waals surface area (Å²) in [7, 11) is 1.48. The van der Waals surface area contributed by atoms with Gasteiger partial charge in [0.05, 0.1) is 7.11 Å². The van der Waals surface area contributed by atoms with Crippen LogP contribution in [0.15, 0.2) is 0 Å². The Hall–Kier alpha value is -1.76. The lowest BCUT2D eigenvalue weighted by Crippen LogP contribution is -2.28. The predicted octanol–water partition coefficient (Wildman–Crippen LogP) is -0.500. The topological polar surface area (TPSA) is 94.2 Å². The Kier molecular flexibility index (Phi) is 3.19. The fourth-order valence-corrected chi connectivity index (χ4v) is 1.79. The maximum absolute atomic E-state index is 11.8. The molecule has 1 aromatic rings. The number of rotatable bonds is 3. The second-order valence-corrected chi connectivity index (χ2v) is 3.98. The molecule has 0 bridgehead atoms. The molecule has 17 heavy (non-hydrogen) atoms. The first kappa shape index (κ1) is 11.7. The van der Waals surface area contributed by atoms with Gasteiger partial charge in [0, 0.05) is 13.0 Å². The highest BCUT2D eigenvalue weighted by Crippen LogP contribution is 2.22. The van der Waals surface area contributed by atoms with Crippen LogP contribution in [-0.2, 0) is 4.79 Å². The standard InChI is InChI=1S/C10H15N5O2/c1-6-12-9(14-10(13-6)17-2)15-5-7(4-11)3-8(15)16/h7H,3-5,11H2,1-2H3. The van der Waals surface area contributed by atoms with Crippen LogP contribution in [0.2, 0.25) is 0 Å². The van der Waals surface area contributed by atoms with E-state index in [0.29, 0.717) is 31.3 Å². The number of nitrogens with two attached hydrogens (primary N) is 1. The van der Waals surface area contributed by atoms with Gasteiger partial charge in [-0.05, 0) is 19.4 Å². The summed E-state index contributed by atoms with van der Waals surface area (Å²) < 4.78 is 4.96. The molecule has 2 rings (SSSR count). The van der Waals surface area contributed by atoms with E-state index in [0.717, 1.165) is 0 Å². The smallest absolute Gasteiger partial charge is 0.321 e. The van der Waals surface area contributed by atoms with Crippen LogP contribution in [0.1, 0.15) is 12.2 Å². The molecule has 7 heteroatoms. The van der Waals surface area contributed by atoms with Crippen molar-refractivity contribution < 1.29 is 9.53 Å². The zero-order valence-electron chi connectivity index (χ0n) is 9.88. The molecule has 7 nitrogen and oxygen atoms in total. The third-order valence-corrected chi connectivity index (χ3v) is 2.68. The van der Waals surface area contributed by atoms with Crippen molar-refractivity contribution >= 4 is 11.9 Å². The Balaban J connectivity index is 2.28. The molecule has 1 aliphatic rings. The molecule has 2 N–H and O–H groups in total. The lowest BCUT2D eigenvalue weighted by Gasteiger charge is -2.14. The summed E-state index contributed by atoms with van der Waals surface area (Å²) in [5.74, 6) is 1.03. The first-order chi connectivity index (χ1) is 8.13. The summed E-state index contributed by atoms with van der Waals surface area (Å²) >= 11 is 0. The Morgan fingerprint density at radius 3 is 2.82 bits per heavy atom. The van der Waals surface area contributed by atoms with Gasteiger partial charge in [-0.1, -0.05) is 0 Å². The van der Waals surface area contributed by atoms with Crippen LogP contribution in [0.3, 0.4) is 0 Å². The van der Waals surface area contributed by atoms with E-state index >= 15 is 0 Å². The number of nitrogens with zero attached hydrogens (tertiary/aromatic N) is 4. The Morgan fingerprint density at radius 1 is 1.47 bits per heavy atom. The lowest BCUT2D eigenvalue weighted by molar-refractivity contribution is -0.117. The summed E-state index contributed by atoms with van der Waals surface area (Å²) in [6, 6.07) is 0.219. The van der Waals surface area contributed by atoms with Crippen molar-refractivity contribution in [2.75, 3.05) is 25.1 Å². The SMILES string of the molecule is COc1nc(C)nc(N2CC(CN)CC2=O)n1. The third kappa shape index (κ3) is 2.33. The second-order valence-electron chi connectivity index (χ2n) is 3.98. The predicted molar refractivity (Wildman–Crippen MR) is 60.6 cm³/mol. The van der Waals surface area contributed by atoms with Gasteiger partial charge in [-0.25, -0.2) is 0 Å². The van der Waals surface area contributed by atoms with Crippen LogP contribution in [0.4, 0.5) is 5.95 Å². The molecule has 1 aliphatic heterocycles. The highest BCUT2D eigenvalue weighted by Gasteiger charge is 2.31. The van der Waals surface area contributed by atoms with Crippen molar-refractivity contribution in [1.29, 1.82) is 0 Å². The van der Waals surface area contributed by atoms with E-state index in [1.807, 2.05) is 0 Å². The summed E-state index contributed by atoms with van der Waals surface area (Å²) in [4.78, 5) is 25.5. The van der Waals surface area contributed by atoms with E-state index in [9.17, 15) is 4.79 Å². The number of carbonyl (C=O) groups excluding carboxylic acids is 1. The first-order valence-electron chi connectivity index (χ1n) is 5.41. The molecule has 0 saturated carbocycles. The van der Waals surface area contributed by atoms with E-state index in [1.54, 1.807) is 6.92 Å². The molecule has 1 fully saturated rings. The first-order valence-corrected chi connectivity index (χ1v) is 5.41. The molecule has 0 aromatic carbocycles. The van der Waals surface area contributed by atoms with E-state index in [4.69, 9.17) is 10.5 Å².